The van der Waals surface area contributed by atoms with E-state index in [-0.39, 0.29) is 12.5 Å². The SMILES string of the molecule is CC(C)NCc1cn(CC(=O)NCCc2cccs2)nn1. The highest BCUT2D eigenvalue weighted by atomic mass is 32.1. The van der Waals surface area contributed by atoms with Crippen LogP contribution in [-0.2, 0) is 24.3 Å². The van der Waals surface area contributed by atoms with Gasteiger partial charge in [0, 0.05) is 24.0 Å². The van der Waals surface area contributed by atoms with Gasteiger partial charge in [0.1, 0.15) is 6.54 Å². The molecular weight excluding hydrogens is 286 g/mol. The van der Waals surface area contributed by atoms with Crippen molar-refractivity contribution in [2.75, 3.05) is 6.54 Å². The fourth-order valence-electron chi connectivity index (χ4n) is 1.79. The van der Waals surface area contributed by atoms with Crippen LogP contribution in [0.15, 0.2) is 23.7 Å². The summed E-state index contributed by atoms with van der Waals surface area (Å²) in [5, 5.41) is 16.2. The van der Waals surface area contributed by atoms with Crippen LogP contribution in [0.4, 0.5) is 0 Å². The second-order valence-corrected chi connectivity index (χ2v) is 6.15. The Morgan fingerprint density at radius 2 is 2.33 bits per heavy atom. The lowest BCUT2D eigenvalue weighted by Crippen LogP contribution is -2.29. The first-order chi connectivity index (χ1) is 10.1. The molecule has 0 aromatic carbocycles. The van der Waals surface area contributed by atoms with E-state index in [0.29, 0.717) is 19.1 Å². The molecule has 0 aliphatic rings. The summed E-state index contributed by atoms with van der Waals surface area (Å²) in [6.07, 6.45) is 2.67. The zero-order chi connectivity index (χ0) is 15.1. The third kappa shape index (κ3) is 5.65. The van der Waals surface area contributed by atoms with Crippen molar-refractivity contribution in [1.82, 2.24) is 25.6 Å². The average molecular weight is 307 g/mol. The molecule has 0 aliphatic heterocycles. The monoisotopic (exact) mass is 307 g/mol. The highest BCUT2D eigenvalue weighted by molar-refractivity contribution is 7.09. The fraction of sp³-hybridized carbons (Fsp3) is 0.500. The number of hydrogen-bond acceptors (Lipinski definition) is 5. The topological polar surface area (TPSA) is 71.8 Å². The number of carbonyl (C=O) groups is 1. The van der Waals surface area contributed by atoms with E-state index in [4.69, 9.17) is 0 Å². The largest absolute Gasteiger partial charge is 0.354 e. The molecule has 6 nitrogen and oxygen atoms in total. The van der Waals surface area contributed by atoms with Gasteiger partial charge < -0.3 is 10.6 Å². The Kier molecular flexibility index (Phi) is 5.89. The van der Waals surface area contributed by atoms with Gasteiger partial charge in [-0.25, -0.2) is 4.68 Å². The van der Waals surface area contributed by atoms with Gasteiger partial charge in [-0.2, -0.15) is 0 Å². The summed E-state index contributed by atoms with van der Waals surface area (Å²) in [6, 6.07) is 4.49. The smallest absolute Gasteiger partial charge is 0.241 e. The molecule has 2 N–H and O–H groups in total. The van der Waals surface area contributed by atoms with Crippen LogP contribution >= 0.6 is 11.3 Å². The minimum absolute atomic E-state index is 0.0418. The first kappa shape index (κ1) is 15.7. The van der Waals surface area contributed by atoms with Crippen LogP contribution in [0.1, 0.15) is 24.4 Å². The van der Waals surface area contributed by atoms with E-state index in [9.17, 15) is 4.79 Å². The third-order valence-corrected chi connectivity index (χ3v) is 3.79. The zero-order valence-electron chi connectivity index (χ0n) is 12.4. The summed E-state index contributed by atoms with van der Waals surface area (Å²) in [5.74, 6) is -0.0418. The number of aromatic nitrogens is 3. The normalized spacial score (nSPS) is 11.0. The van der Waals surface area contributed by atoms with E-state index in [1.54, 1.807) is 22.2 Å². The van der Waals surface area contributed by atoms with Crippen LogP contribution in [0.5, 0.6) is 0 Å². The predicted octanol–water partition coefficient (Wildman–Crippen LogP) is 1.20. The molecule has 0 fully saturated rings. The van der Waals surface area contributed by atoms with Crippen LogP contribution in [0, 0.1) is 0 Å². The van der Waals surface area contributed by atoms with Crippen LogP contribution < -0.4 is 10.6 Å². The van der Waals surface area contributed by atoms with Gasteiger partial charge in [0.05, 0.1) is 11.9 Å². The maximum atomic E-state index is 11.8. The van der Waals surface area contributed by atoms with Crippen molar-refractivity contribution >= 4 is 17.2 Å². The molecule has 2 aromatic rings. The molecule has 0 radical (unpaired) electrons. The number of carbonyl (C=O) groups excluding carboxylic acids is 1. The molecular formula is C14H21N5OS. The predicted molar refractivity (Wildman–Crippen MR) is 83.0 cm³/mol. The Morgan fingerprint density at radius 3 is 3.05 bits per heavy atom. The number of rotatable bonds is 8. The van der Waals surface area contributed by atoms with Crippen LogP contribution in [0.2, 0.25) is 0 Å². The van der Waals surface area contributed by atoms with Crippen LogP contribution in [-0.4, -0.2) is 33.5 Å². The summed E-state index contributed by atoms with van der Waals surface area (Å²) in [5.41, 5.74) is 0.843. The van der Waals surface area contributed by atoms with E-state index in [1.165, 1.54) is 4.88 Å². The van der Waals surface area contributed by atoms with Crippen molar-refractivity contribution in [3.63, 3.8) is 0 Å². The van der Waals surface area contributed by atoms with Crippen molar-refractivity contribution in [3.05, 3.63) is 34.3 Å². The molecule has 2 aromatic heterocycles. The lowest BCUT2D eigenvalue weighted by atomic mass is 10.3. The van der Waals surface area contributed by atoms with Gasteiger partial charge in [0.25, 0.3) is 0 Å². The summed E-state index contributed by atoms with van der Waals surface area (Å²) >= 11 is 1.70. The Balaban J connectivity index is 1.69. The highest BCUT2D eigenvalue weighted by Crippen LogP contribution is 2.07. The maximum absolute atomic E-state index is 11.8. The maximum Gasteiger partial charge on any atom is 0.241 e. The quantitative estimate of drug-likeness (QED) is 0.768. The number of amides is 1. The van der Waals surface area contributed by atoms with Crippen molar-refractivity contribution in [1.29, 1.82) is 0 Å². The lowest BCUT2D eigenvalue weighted by molar-refractivity contribution is -0.121. The van der Waals surface area contributed by atoms with E-state index in [0.717, 1.165) is 12.1 Å². The number of nitrogens with one attached hydrogen (secondary N) is 2. The summed E-state index contributed by atoms with van der Waals surface area (Å²) in [4.78, 5) is 13.1. The van der Waals surface area contributed by atoms with Gasteiger partial charge in [-0.3, -0.25) is 4.79 Å². The molecule has 0 bridgehead atoms. The number of hydrogen-bond donors (Lipinski definition) is 2. The van der Waals surface area contributed by atoms with E-state index >= 15 is 0 Å². The van der Waals surface area contributed by atoms with Crippen molar-refractivity contribution in [3.8, 4) is 0 Å². The summed E-state index contributed by atoms with van der Waals surface area (Å²) in [6.45, 7) is 5.67. The fourth-order valence-corrected chi connectivity index (χ4v) is 2.50. The van der Waals surface area contributed by atoms with Crippen LogP contribution in [0.25, 0.3) is 0 Å². The Labute approximate surface area is 128 Å². The second-order valence-electron chi connectivity index (χ2n) is 5.12. The highest BCUT2D eigenvalue weighted by Gasteiger charge is 2.06. The molecule has 0 saturated carbocycles. The van der Waals surface area contributed by atoms with E-state index in [2.05, 4.69) is 40.9 Å². The zero-order valence-corrected chi connectivity index (χ0v) is 13.2. The Morgan fingerprint density at radius 1 is 1.48 bits per heavy atom. The second kappa shape index (κ2) is 7.90. The van der Waals surface area contributed by atoms with Gasteiger partial charge in [0.15, 0.2) is 0 Å². The van der Waals surface area contributed by atoms with Gasteiger partial charge in [-0.15, -0.1) is 16.4 Å². The van der Waals surface area contributed by atoms with Crippen molar-refractivity contribution in [2.45, 2.75) is 39.4 Å². The van der Waals surface area contributed by atoms with Gasteiger partial charge >= 0.3 is 0 Å². The molecule has 7 heteroatoms. The molecule has 21 heavy (non-hydrogen) atoms. The molecule has 2 heterocycles. The Hall–Kier alpha value is -1.73. The molecule has 0 atom stereocenters. The summed E-state index contributed by atoms with van der Waals surface area (Å²) in [7, 11) is 0. The molecule has 0 aliphatic carbocycles. The molecule has 0 spiro atoms. The molecule has 0 unspecified atom stereocenters. The van der Waals surface area contributed by atoms with Gasteiger partial charge in [-0.1, -0.05) is 25.1 Å². The lowest BCUT2D eigenvalue weighted by Gasteiger charge is -2.04. The molecule has 114 valence electrons. The Bertz CT molecular complexity index is 549. The first-order valence-corrected chi connectivity index (χ1v) is 7.93. The summed E-state index contributed by atoms with van der Waals surface area (Å²) < 4.78 is 1.57. The molecule has 0 saturated heterocycles. The van der Waals surface area contributed by atoms with Crippen molar-refractivity contribution < 1.29 is 4.79 Å². The third-order valence-electron chi connectivity index (χ3n) is 2.86. The minimum atomic E-state index is -0.0418. The van der Waals surface area contributed by atoms with Crippen molar-refractivity contribution in [2.24, 2.45) is 0 Å². The molecule has 1 amide bonds. The number of thiophene rings is 1. The van der Waals surface area contributed by atoms with Gasteiger partial charge in [-0.05, 0) is 17.9 Å². The molecule has 2 rings (SSSR count). The average Bonchev–Trinajstić information content (AvgIpc) is 3.08. The minimum Gasteiger partial charge on any atom is -0.354 e. The van der Waals surface area contributed by atoms with Gasteiger partial charge in [0.2, 0.25) is 5.91 Å². The van der Waals surface area contributed by atoms with E-state index in [1.807, 2.05) is 11.4 Å². The van der Waals surface area contributed by atoms with E-state index < -0.39 is 0 Å². The van der Waals surface area contributed by atoms with Crippen LogP contribution in [0.3, 0.4) is 0 Å². The number of nitrogens with zero attached hydrogens (tertiary/aromatic N) is 3. The standard InChI is InChI=1S/C14H21N5OS/c1-11(2)16-8-12-9-19(18-17-12)10-14(20)15-6-5-13-4-3-7-21-13/h3-4,7,9,11,16H,5-6,8,10H2,1-2H3,(H,15,20). The first-order valence-electron chi connectivity index (χ1n) is 7.05.